The van der Waals surface area contributed by atoms with Crippen LogP contribution >= 0.6 is 0 Å². The molecule has 0 aliphatic carbocycles. The number of esters is 1. The van der Waals surface area contributed by atoms with Crippen molar-refractivity contribution in [2.45, 2.75) is 57.5 Å². The summed E-state index contributed by atoms with van der Waals surface area (Å²) in [7, 11) is 0. The van der Waals surface area contributed by atoms with Crippen LogP contribution in [0.2, 0.25) is 0 Å². The van der Waals surface area contributed by atoms with Crippen LogP contribution in [0.15, 0.2) is 36.7 Å². The van der Waals surface area contributed by atoms with Crippen molar-refractivity contribution in [3.05, 3.63) is 59.0 Å². The van der Waals surface area contributed by atoms with E-state index in [2.05, 4.69) is 39.7 Å². The maximum Gasteiger partial charge on any atom is 0.306 e. The Labute approximate surface area is 192 Å². The number of aromatic nitrogens is 3. The van der Waals surface area contributed by atoms with E-state index < -0.39 is 5.91 Å². The lowest BCUT2D eigenvalue weighted by Gasteiger charge is -2.25. The molecule has 1 fully saturated rings. The minimum atomic E-state index is -0.583. The van der Waals surface area contributed by atoms with E-state index in [1.807, 2.05) is 20.8 Å². The summed E-state index contributed by atoms with van der Waals surface area (Å²) in [4.78, 5) is 28.4. The highest BCUT2D eigenvalue weighted by Gasteiger charge is 2.31. The molecule has 9 nitrogen and oxygen atoms in total. The van der Waals surface area contributed by atoms with Gasteiger partial charge in [0, 0.05) is 17.5 Å². The number of carbonyl (C=O) groups excluding carboxylic acids is 2. The van der Waals surface area contributed by atoms with Crippen LogP contribution in [0.5, 0.6) is 0 Å². The average molecular weight is 451 g/mol. The van der Waals surface area contributed by atoms with Crippen molar-refractivity contribution in [3.8, 4) is 0 Å². The first-order valence-corrected chi connectivity index (χ1v) is 11.1. The lowest BCUT2D eigenvalue weighted by Crippen LogP contribution is -2.31. The molecule has 0 spiro atoms. The molecular formula is C24H30N6O3. The van der Waals surface area contributed by atoms with Gasteiger partial charge in [0.15, 0.2) is 5.82 Å². The Morgan fingerprint density at radius 3 is 2.67 bits per heavy atom. The summed E-state index contributed by atoms with van der Waals surface area (Å²) in [5.74, 6) is -0.611. The minimum Gasteiger partial charge on any atom is -0.464 e. The molecule has 0 bridgehead atoms. The number of ether oxygens (including phenoxy) is 1. The number of nitrogen functional groups attached to an aromatic ring is 1. The van der Waals surface area contributed by atoms with Gasteiger partial charge in [-0.2, -0.15) is 5.10 Å². The fraction of sp³-hybridized carbons (Fsp3) is 0.417. The molecule has 1 aliphatic rings. The number of anilines is 1. The van der Waals surface area contributed by atoms with Crippen LogP contribution < -0.4 is 16.8 Å². The van der Waals surface area contributed by atoms with Gasteiger partial charge < -0.3 is 21.5 Å². The standard InChI is InChI=1S/C24H30N6O3/c1-14-4-6-15(7-5-14)24(2,3)11-20(31)33-12-16-8-9-18(29-16)19-10-17(23(26)32)21-22(25)27-13-28-30(19)21/h4-7,10,13,16,18,29H,8-9,11-12H2,1-3H3,(H2,26,32)(H2,25,27,28)/t16-,18+/m0/s1. The van der Waals surface area contributed by atoms with Crippen LogP contribution in [-0.2, 0) is 14.9 Å². The maximum atomic E-state index is 12.6. The molecule has 0 unspecified atom stereocenters. The molecule has 9 heteroatoms. The van der Waals surface area contributed by atoms with E-state index in [1.54, 1.807) is 10.6 Å². The van der Waals surface area contributed by atoms with Gasteiger partial charge in [0.1, 0.15) is 18.5 Å². The third-order valence-corrected chi connectivity index (χ3v) is 6.34. The topological polar surface area (TPSA) is 138 Å². The zero-order chi connectivity index (χ0) is 23.8. The molecule has 2 aromatic heterocycles. The van der Waals surface area contributed by atoms with Gasteiger partial charge in [-0.15, -0.1) is 0 Å². The van der Waals surface area contributed by atoms with Gasteiger partial charge in [0.2, 0.25) is 0 Å². The van der Waals surface area contributed by atoms with E-state index in [4.69, 9.17) is 16.2 Å². The van der Waals surface area contributed by atoms with Gasteiger partial charge in [0.05, 0.1) is 17.7 Å². The maximum absolute atomic E-state index is 12.6. The van der Waals surface area contributed by atoms with Crippen molar-refractivity contribution >= 4 is 23.2 Å². The average Bonchev–Trinajstić information content (AvgIpc) is 3.37. The number of nitrogens with two attached hydrogens (primary N) is 2. The highest BCUT2D eigenvalue weighted by atomic mass is 16.5. The molecule has 1 aliphatic heterocycles. The number of nitrogens with zero attached hydrogens (tertiary/aromatic N) is 3. The van der Waals surface area contributed by atoms with Crippen molar-refractivity contribution < 1.29 is 14.3 Å². The van der Waals surface area contributed by atoms with Crippen molar-refractivity contribution in [1.82, 2.24) is 19.9 Å². The molecule has 2 atom stereocenters. The predicted octanol–water partition coefficient (Wildman–Crippen LogP) is 2.42. The molecule has 33 heavy (non-hydrogen) atoms. The zero-order valence-electron chi connectivity index (χ0n) is 19.2. The Balaban J connectivity index is 1.38. The largest absolute Gasteiger partial charge is 0.464 e. The summed E-state index contributed by atoms with van der Waals surface area (Å²) in [5.41, 5.74) is 14.9. The van der Waals surface area contributed by atoms with Crippen molar-refractivity contribution in [3.63, 3.8) is 0 Å². The van der Waals surface area contributed by atoms with E-state index >= 15 is 0 Å². The molecule has 174 valence electrons. The smallest absolute Gasteiger partial charge is 0.306 e. The Morgan fingerprint density at radius 2 is 1.97 bits per heavy atom. The molecular weight excluding hydrogens is 420 g/mol. The minimum absolute atomic E-state index is 0.00296. The first kappa shape index (κ1) is 22.7. The predicted molar refractivity (Wildman–Crippen MR) is 125 cm³/mol. The summed E-state index contributed by atoms with van der Waals surface area (Å²) in [5, 5.41) is 7.73. The van der Waals surface area contributed by atoms with Crippen molar-refractivity contribution in [2.75, 3.05) is 12.3 Å². The lowest BCUT2D eigenvalue weighted by atomic mass is 9.81. The van der Waals surface area contributed by atoms with Crippen LogP contribution in [0.4, 0.5) is 5.82 Å². The van der Waals surface area contributed by atoms with Crippen LogP contribution in [0.25, 0.3) is 5.52 Å². The van der Waals surface area contributed by atoms with Gasteiger partial charge in [0.25, 0.3) is 5.91 Å². The Hall–Kier alpha value is -3.46. The zero-order valence-corrected chi connectivity index (χ0v) is 19.2. The molecule has 1 saturated heterocycles. The second kappa shape index (κ2) is 8.82. The molecule has 0 saturated carbocycles. The van der Waals surface area contributed by atoms with Gasteiger partial charge in [-0.25, -0.2) is 9.50 Å². The quantitative estimate of drug-likeness (QED) is 0.470. The highest BCUT2D eigenvalue weighted by molar-refractivity contribution is 6.02. The van der Waals surface area contributed by atoms with Crippen molar-refractivity contribution in [1.29, 1.82) is 0 Å². The molecule has 3 aromatic rings. The van der Waals surface area contributed by atoms with E-state index in [0.717, 1.165) is 24.1 Å². The number of nitrogens with one attached hydrogen (secondary N) is 1. The van der Waals surface area contributed by atoms with Crippen LogP contribution in [0.3, 0.4) is 0 Å². The normalized spacial score (nSPS) is 18.5. The highest BCUT2D eigenvalue weighted by Crippen LogP contribution is 2.31. The summed E-state index contributed by atoms with van der Waals surface area (Å²) >= 11 is 0. The Kier molecular flexibility index (Phi) is 6.07. The monoisotopic (exact) mass is 450 g/mol. The number of aryl methyl sites for hydroxylation is 1. The first-order valence-electron chi connectivity index (χ1n) is 11.1. The van der Waals surface area contributed by atoms with E-state index in [-0.39, 0.29) is 41.5 Å². The number of amides is 1. The number of carbonyl (C=O) groups is 2. The summed E-state index contributed by atoms with van der Waals surface area (Å²) in [6.45, 7) is 6.41. The van der Waals surface area contributed by atoms with E-state index in [9.17, 15) is 9.59 Å². The fourth-order valence-corrected chi connectivity index (χ4v) is 4.42. The fourth-order valence-electron chi connectivity index (χ4n) is 4.42. The SMILES string of the molecule is Cc1ccc(C(C)(C)CC(=O)OC[C@@H]2CC[C@H](c3cc(C(N)=O)c4c(N)ncnn34)N2)cc1. The molecule has 1 amide bonds. The van der Waals surface area contributed by atoms with Gasteiger partial charge in [-0.1, -0.05) is 43.7 Å². The number of fused-ring (bicyclic) bond motifs is 1. The second-order valence-corrected chi connectivity index (χ2v) is 9.36. The number of hydrogen-bond acceptors (Lipinski definition) is 7. The molecule has 5 N–H and O–H groups in total. The molecule has 0 radical (unpaired) electrons. The third-order valence-electron chi connectivity index (χ3n) is 6.34. The molecule has 3 heterocycles. The Bertz CT molecular complexity index is 1180. The Morgan fingerprint density at radius 1 is 1.24 bits per heavy atom. The second-order valence-electron chi connectivity index (χ2n) is 9.36. The van der Waals surface area contributed by atoms with Crippen molar-refractivity contribution in [2.24, 2.45) is 5.73 Å². The number of rotatable bonds is 7. The van der Waals surface area contributed by atoms with Crippen LogP contribution in [0, 0.1) is 6.92 Å². The van der Waals surface area contributed by atoms with E-state index in [0.29, 0.717) is 11.9 Å². The lowest BCUT2D eigenvalue weighted by molar-refractivity contribution is -0.145. The number of benzene rings is 1. The van der Waals surface area contributed by atoms with Crippen LogP contribution in [0.1, 0.15) is 66.3 Å². The van der Waals surface area contributed by atoms with E-state index in [1.165, 1.54) is 11.9 Å². The summed E-state index contributed by atoms with van der Waals surface area (Å²) in [6, 6.07) is 9.86. The molecule has 4 rings (SSSR count). The van der Waals surface area contributed by atoms with Gasteiger partial charge >= 0.3 is 5.97 Å². The number of primary amides is 1. The number of hydrogen-bond donors (Lipinski definition) is 3. The van der Waals surface area contributed by atoms with Gasteiger partial charge in [-0.05, 0) is 31.4 Å². The summed E-state index contributed by atoms with van der Waals surface area (Å²) < 4.78 is 7.22. The van der Waals surface area contributed by atoms with Crippen LogP contribution in [-0.4, -0.2) is 39.1 Å². The summed E-state index contributed by atoms with van der Waals surface area (Å²) in [6.07, 6.45) is 3.26. The van der Waals surface area contributed by atoms with Gasteiger partial charge in [-0.3, -0.25) is 9.59 Å². The first-order chi connectivity index (χ1) is 15.7. The molecule has 1 aromatic carbocycles. The third kappa shape index (κ3) is 4.68.